The third-order valence-electron chi connectivity index (χ3n) is 2.10. The van der Waals surface area contributed by atoms with E-state index in [1.807, 2.05) is 0 Å². The van der Waals surface area contributed by atoms with E-state index in [1.54, 1.807) is 4.90 Å². The van der Waals surface area contributed by atoms with Crippen molar-refractivity contribution in [3.05, 3.63) is 0 Å². The van der Waals surface area contributed by atoms with Crippen molar-refractivity contribution in [2.24, 2.45) is 5.92 Å². The van der Waals surface area contributed by atoms with Crippen LogP contribution in [0.5, 0.6) is 0 Å². The molecule has 4 nitrogen and oxygen atoms in total. The molecule has 0 fully saturated rings. The number of carbonyl (C=O) groups is 1. The Morgan fingerprint density at radius 1 is 1.40 bits per heavy atom. The van der Waals surface area contributed by atoms with Gasteiger partial charge in [-0.1, -0.05) is 27.2 Å². The van der Waals surface area contributed by atoms with Crippen molar-refractivity contribution in [2.45, 2.75) is 33.6 Å². The standard InChI is InChI=1S/C11H24N2O2/c1-4-5-6-13(7-8-14)11(15)12-9-10(2)3/h10,14H,4-9H2,1-3H3,(H,12,15). The molecular formula is C11H24N2O2. The highest BCUT2D eigenvalue weighted by Crippen LogP contribution is 1.96. The maximum absolute atomic E-state index is 11.6. The zero-order valence-corrected chi connectivity index (χ0v) is 10.1. The van der Waals surface area contributed by atoms with Crippen LogP contribution in [0.1, 0.15) is 33.6 Å². The highest BCUT2D eigenvalue weighted by molar-refractivity contribution is 5.74. The Morgan fingerprint density at radius 3 is 2.53 bits per heavy atom. The van der Waals surface area contributed by atoms with E-state index in [-0.39, 0.29) is 12.6 Å². The maximum atomic E-state index is 11.6. The SMILES string of the molecule is CCCCN(CCO)C(=O)NCC(C)C. The molecule has 0 aliphatic heterocycles. The molecule has 15 heavy (non-hydrogen) atoms. The van der Waals surface area contributed by atoms with Gasteiger partial charge in [-0.3, -0.25) is 0 Å². The minimum absolute atomic E-state index is 0.0266. The number of nitrogens with one attached hydrogen (secondary N) is 1. The molecule has 0 aromatic heterocycles. The molecule has 0 aromatic carbocycles. The van der Waals surface area contributed by atoms with Gasteiger partial charge in [-0.2, -0.15) is 0 Å². The fraction of sp³-hybridized carbons (Fsp3) is 0.909. The number of urea groups is 1. The fourth-order valence-corrected chi connectivity index (χ4v) is 1.19. The first-order valence-electron chi connectivity index (χ1n) is 5.75. The number of hydrogen-bond donors (Lipinski definition) is 2. The second-order valence-electron chi connectivity index (χ2n) is 4.14. The monoisotopic (exact) mass is 216 g/mol. The molecule has 0 aliphatic rings. The van der Waals surface area contributed by atoms with Crippen molar-refractivity contribution < 1.29 is 9.90 Å². The number of rotatable bonds is 7. The van der Waals surface area contributed by atoms with E-state index in [1.165, 1.54) is 0 Å². The van der Waals surface area contributed by atoms with Crippen molar-refractivity contribution in [3.63, 3.8) is 0 Å². The predicted octanol–water partition coefficient (Wildman–Crippen LogP) is 1.45. The summed E-state index contributed by atoms with van der Waals surface area (Å²) in [6.07, 6.45) is 2.04. The lowest BCUT2D eigenvalue weighted by molar-refractivity contribution is 0.175. The van der Waals surface area contributed by atoms with Crippen LogP contribution in [0.15, 0.2) is 0 Å². The minimum Gasteiger partial charge on any atom is -0.395 e. The molecule has 2 N–H and O–H groups in total. The lowest BCUT2D eigenvalue weighted by Gasteiger charge is -2.22. The molecule has 0 saturated carbocycles. The molecule has 2 amide bonds. The van der Waals surface area contributed by atoms with Gasteiger partial charge >= 0.3 is 6.03 Å². The van der Waals surface area contributed by atoms with Crippen LogP contribution < -0.4 is 5.32 Å². The third-order valence-corrected chi connectivity index (χ3v) is 2.10. The average Bonchev–Trinajstić information content (AvgIpc) is 2.20. The van der Waals surface area contributed by atoms with Crippen LogP contribution in [0, 0.1) is 5.92 Å². The van der Waals surface area contributed by atoms with Gasteiger partial charge in [0, 0.05) is 19.6 Å². The van der Waals surface area contributed by atoms with Crippen molar-refractivity contribution in [3.8, 4) is 0 Å². The van der Waals surface area contributed by atoms with E-state index in [0.29, 0.717) is 19.0 Å². The van der Waals surface area contributed by atoms with E-state index >= 15 is 0 Å². The molecule has 0 radical (unpaired) electrons. The second-order valence-corrected chi connectivity index (χ2v) is 4.14. The van der Waals surface area contributed by atoms with Gasteiger partial charge in [0.2, 0.25) is 0 Å². The van der Waals surface area contributed by atoms with Crippen molar-refractivity contribution in [2.75, 3.05) is 26.2 Å². The van der Waals surface area contributed by atoms with E-state index in [2.05, 4.69) is 26.1 Å². The van der Waals surface area contributed by atoms with Gasteiger partial charge in [-0.15, -0.1) is 0 Å². The van der Waals surface area contributed by atoms with Gasteiger partial charge in [0.1, 0.15) is 0 Å². The zero-order chi connectivity index (χ0) is 11.7. The Bertz CT molecular complexity index is 172. The molecule has 0 saturated heterocycles. The molecule has 0 heterocycles. The Labute approximate surface area is 92.7 Å². The molecule has 0 atom stereocenters. The first-order chi connectivity index (χ1) is 7.11. The van der Waals surface area contributed by atoms with E-state index in [9.17, 15) is 4.79 Å². The van der Waals surface area contributed by atoms with Crippen molar-refractivity contribution >= 4 is 6.03 Å². The lowest BCUT2D eigenvalue weighted by atomic mass is 10.2. The molecule has 0 rings (SSSR count). The summed E-state index contributed by atoms with van der Waals surface area (Å²) in [5.74, 6) is 0.455. The van der Waals surface area contributed by atoms with Gasteiger partial charge in [0.05, 0.1) is 6.61 Å². The molecular weight excluding hydrogens is 192 g/mol. The fourth-order valence-electron chi connectivity index (χ4n) is 1.19. The van der Waals surface area contributed by atoms with E-state index < -0.39 is 0 Å². The van der Waals surface area contributed by atoms with E-state index in [4.69, 9.17) is 5.11 Å². The molecule has 0 unspecified atom stereocenters. The molecule has 0 bridgehead atoms. The summed E-state index contributed by atoms with van der Waals surface area (Å²) in [7, 11) is 0. The van der Waals surface area contributed by atoms with Gasteiger partial charge in [-0.25, -0.2) is 4.79 Å². The van der Waals surface area contributed by atoms with Gasteiger partial charge in [0.15, 0.2) is 0 Å². The summed E-state index contributed by atoms with van der Waals surface area (Å²) < 4.78 is 0. The molecule has 0 spiro atoms. The first kappa shape index (κ1) is 14.2. The number of aliphatic hydroxyl groups excluding tert-OH is 1. The van der Waals surface area contributed by atoms with Crippen LogP contribution in [-0.2, 0) is 0 Å². The summed E-state index contributed by atoms with van der Waals surface area (Å²) >= 11 is 0. The summed E-state index contributed by atoms with van der Waals surface area (Å²) in [6, 6.07) is -0.0637. The average molecular weight is 216 g/mol. The zero-order valence-electron chi connectivity index (χ0n) is 10.1. The topological polar surface area (TPSA) is 52.6 Å². The van der Waals surface area contributed by atoms with Crippen LogP contribution in [0.3, 0.4) is 0 Å². The number of nitrogens with zero attached hydrogens (tertiary/aromatic N) is 1. The maximum Gasteiger partial charge on any atom is 0.317 e. The lowest BCUT2D eigenvalue weighted by Crippen LogP contribution is -2.43. The minimum atomic E-state index is -0.0637. The van der Waals surface area contributed by atoms with Crippen LogP contribution in [0.25, 0.3) is 0 Å². The number of aliphatic hydroxyl groups is 1. The summed E-state index contributed by atoms with van der Waals surface area (Å²) in [6.45, 7) is 8.06. The van der Waals surface area contributed by atoms with Gasteiger partial charge in [-0.05, 0) is 12.3 Å². The van der Waals surface area contributed by atoms with E-state index in [0.717, 1.165) is 19.4 Å². The normalized spacial score (nSPS) is 10.5. The quantitative estimate of drug-likeness (QED) is 0.676. The summed E-state index contributed by atoms with van der Waals surface area (Å²) in [5, 5.41) is 11.7. The number of hydrogen-bond acceptors (Lipinski definition) is 2. The first-order valence-corrected chi connectivity index (χ1v) is 5.75. The largest absolute Gasteiger partial charge is 0.395 e. The second kappa shape index (κ2) is 8.53. The van der Waals surface area contributed by atoms with Crippen LogP contribution in [0.4, 0.5) is 4.79 Å². The third kappa shape index (κ3) is 7.19. The van der Waals surface area contributed by atoms with Crippen molar-refractivity contribution in [1.82, 2.24) is 10.2 Å². The molecule has 0 aromatic rings. The number of unbranched alkanes of at least 4 members (excludes halogenated alkanes) is 1. The highest BCUT2D eigenvalue weighted by atomic mass is 16.3. The molecule has 90 valence electrons. The Balaban J connectivity index is 3.92. The Kier molecular flexibility index (Phi) is 8.09. The van der Waals surface area contributed by atoms with Gasteiger partial charge in [0.25, 0.3) is 0 Å². The number of amides is 2. The molecule has 4 heteroatoms. The predicted molar refractivity (Wildman–Crippen MR) is 61.8 cm³/mol. The van der Waals surface area contributed by atoms with Crippen LogP contribution in [0.2, 0.25) is 0 Å². The van der Waals surface area contributed by atoms with Crippen molar-refractivity contribution in [1.29, 1.82) is 0 Å². The summed E-state index contributed by atoms with van der Waals surface area (Å²) in [5.41, 5.74) is 0. The number of carbonyl (C=O) groups excluding carboxylic acids is 1. The van der Waals surface area contributed by atoms with Gasteiger partial charge < -0.3 is 15.3 Å². The smallest absolute Gasteiger partial charge is 0.317 e. The van der Waals surface area contributed by atoms with Crippen LogP contribution >= 0.6 is 0 Å². The Morgan fingerprint density at radius 2 is 2.07 bits per heavy atom. The Hall–Kier alpha value is -0.770. The van der Waals surface area contributed by atoms with Crippen LogP contribution in [-0.4, -0.2) is 42.3 Å². The molecule has 0 aliphatic carbocycles. The summed E-state index contributed by atoms with van der Waals surface area (Å²) in [4.78, 5) is 13.3. The highest BCUT2D eigenvalue weighted by Gasteiger charge is 2.11.